The maximum absolute atomic E-state index is 14.3. The SMILES string of the molecule is COCc1ncc(Cl)cc1NC(=O)/C=C/c1ccc2cn[nH]c2c1F. The molecule has 0 saturated carbocycles. The largest absolute Gasteiger partial charge is 0.378 e. The minimum Gasteiger partial charge on any atom is -0.378 e. The van der Waals surface area contributed by atoms with E-state index in [1.165, 1.54) is 31.7 Å². The first-order chi connectivity index (χ1) is 12.1. The predicted molar refractivity (Wildman–Crippen MR) is 93.7 cm³/mol. The first kappa shape index (κ1) is 17.1. The second kappa shape index (κ2) is 7.42. The monoisotopic (exact) mass is 360 g/mol. The summed E-state index contributed by atoms with van der Waals surface area (Å²) in [6, 6.07) is 4.87. The predicted octanol–water partition coefficient (Wildman–Crippen LogP) is 3.55. The van der Waals surface area contributed by atoms with E-state index in [1.807, 2.05) is 0 Å². The Kier molecular flexibility index (Phi) is 5.06. The number of nitrogens with one attached hydrogen (secondary N) is 2. The van der Waals surface area contributed by atoms with Crippen LogP contribution < -0.4 is 5.32 Å². The number of carbonyl (C=O) groups excluding carboxylic acids is 1. The van der Waals surface area contributed by atoms with Crippen LogP contribution in [0.15, 0.2) is 36.7 Å². The van der Waals surface area contributed by atoms with Crippen molar-refractivity contribution in [1.29, 1.82) is 0 Å². The molecule has 2 N–H and O–H groups in total. The normalized spacial score (nSPS) is 11.3. The van der Waals surface area contributed by atoms with Crippen molar-refractivity contribution in [3.8, 4) is 0 Å². The molecule has 8 heteroatoms. The minimum absolute atomic E-state index is 0.224. The quantitative estimate of drug-likeness (QED) is 0.682. The molecular weight excluding hydrogens is 347 g/mol. The van der Waals surface area contributed by atoms with Crippen molar-refractivity contribution in [2.45, 2.75) is 6.61 Å². The lowest BCUT2D eigenvalue weighted by Crippen LogP contribution is -2.11. The number of hydrogen-bond acceptors (Lipinski definition) is 4. The number of pyridine rings is 1. The number of amides is 1. The molecule has 3 aromatic rings. The third-order valence-electron chi connectivity index (χ3n) is 3.47. The maximum atomic E-state index is 14.3. The molecule has 25 heavy (non-hydrogen) atoms. The zero-order valence-corrected chi connectivity index (χ0v) is 14.0. The van der Waals surface area contributed by atoms with Crippen LogP contribution in [0, 0.1) is 5.82 Å². The van der Waals surface area contributed by atoms with Crippen LogP contribution in [-0.2, 0) is 16.1 Å². The van der Waals surface area contributed by atoms with Gasteiger partial charge in [0.2, 0.25) is 5.91 Å². The first-order valence-electron chi connectivity index (χ1n) is 7.32. The van der Waals surface area contributed by atoms with Crippen LogP contribution >= 0.6 is 11.6 Å². The molecule has 1 amide bonds. The lowest BCUT2D eigenvalue weighted by Gasteiger charge is -2.08. The Morgan fingerprint density at radius 3 is 3.08 bits per heavy atom. The zero-order valence-electron chi connectivity index (χ0n) is 13.2. The third kappa shape index (κ3) is 3.84. The number of H-pyrrole nitrogens is 1. The molecule has 0 saturated heterocycles. The van der Waals surface area contributed by atoms with Crippen LogP contribution in [0.2, 0.25) is 5.02 Å². The standard InChI is InChI=1S/C17H14ClFN4O2/c1-25-9-14-13(6-12(18)8-20-14)22-15(24)5-4-10-2-3-11-7-21-23-17(11)16(10)19/h2-8H,9H2,1H3,(H,21,23)(H,22,24)/b5-4+. The molecule has 0 spiro atoms. The summed E-state index contributed by atoms with van der Waals surface area (Å²) >= 11 is 5.91. The summed E-state index contributed by atoms with van der Waals surface area (Å²) in [7, 11) is 1.52. The van der Waals surface area contributed by atoms with E-state index in [1.54, 1.807) is 18.2 Å². The Bertz CT molecular complexity index is 955. The summed E-state index contributed by atoms with van der Waals surface area (Å²) < 4.78 is 19.3. The highest BCUT2D eigenvalue weighted by Gasteiger charge is 2.09. The van der Waals surface area contributed by atoms with Gasteiger partial charge in [0.25, 0.3) is 0 Å². The van der Waals surface area contributed by atoms with Gasteiger partial charge in [0, 0.05) is 30.3 Å². The Hall–Kier alpha value is -2.77. The Morgan fingerprint density at radius 1 is 1.44 bits per heavy atom. The van der Waals surface area contributed by atoms with Gasteiger partial charge in [-0.3, -0.25) is 14.9 Å². The molecule has 2 aromatic heterocycles. The van der Waals surface area contributed by atoms with Crippen molar-refractivity contribution in [2.24, 2.45) is 0 Å². The van der Waals surface area contributed by atoms with Gasteiger partial charge in [-0.25, -0.2) is 4.39 Å². The smallest absolute Gasteiger partial charge is 0.248 e. The fourth-order valence-corrected chi connectivity index (χ4v) is 2.45. The van der Waals surface area contributed by atoms with Crippen LogP contribution in [0.3, 0.4) is 0 Å². The molecule has 0 fully saturated rings. The highest BCUT2D eigenvalue weighted by molar-refractivity contribution is 6.30. The molecule has 128 valence electrons. The maximum Gasteiger partial charge on any atom is 0.248 e. The van der Waals surface area contributed by atoms with E-state index in [9.17, 15) is 9.18 Å². The van der Waals surface area contributed by atoms with Crippen molar-refractivity contribution in [3.05, 3.63) is 58.8 Å². The van der Waals surface area contributed by atoms with Gasteiger partial charge >= 0.3 is 0 Å². The van der Waals surface area contributed by atoms with Crippen molar-refractivity contribution < 1.29 is 13.9 Å². The second-order valence-electron chi connectivity index (χ2n) is 5.21. The number of benzene rings is 1. The van der Waals surface area contributed by atoms with Crippen LogP contribution in [-0.4, -0.2) is 28.2 Å². The number of fused-ring (bicyclic) bond motifs is 1. The molecule has 6 nitrogen and oxygen atoms in total. The molecule has 3 rings (SSSR count). The van der Waals surface area contributed by atoms with Crippen LogP contribution in [0.1, 0.15) is 11.3 Å². The summed E-state index contributed by atoms with van der Waals surface area (Å²) in [6.45, 7) is 0.224. The van der Waals surface area contributed by atoms with Crippen LogP contribution in [0.25, 0.3) is 17.0 Å². The number of hydrogen-bond donors (Lipinski definition) is 2. The van der Waals surface area contributed by atoms with E-state index in [0.717, 1.165) is 0 Å². The van der Waals surface area contributed by atoms with E-state index in [0.29, 0.717) is 27.3 Å². The van der Waals surface area contributed by atoms with Gasteiger partial charge in [-0.05, 0) is 12.1 Å². The summed E-state index contributed by atoms with van der Waals surface area (Å²) in [4.78, 5) is 16.2. The third-order valence-corrected chi connectivity index (χ3v) is 3.68. The first-order valence-corrected chi connectivity index (χ1v) is 7.70. The average Bonchev–Trinajstić information content (AvgIpc) is 3.06. The Balaban J connectivity index is 1.79. The van der Waals surface area contributed by atoms with Gasteiger partial charge in [-0.15, -0.1) is 0 Å². The zero-order chi connectivity index (χ0) is 17.8. The van der Waals surface area contributed by atoms with E-state index in [-0.39, 0.29) is 12.2 Å². The van der Waals surface area contributed by atoms with Gasteiger partial charge in [0.05, 0.1) is 29.2 Å². The number of aromatic amines is 1. The van der Waals surface area contributed by atoms with Crippen molar-refractivity contribution >= 4 is 40.2 Å². The van der Waals surface area contributed by atoms with Crippen LogP contribution in [0.5, 0.6) is 0 Å². The number of halogens is 2. The van der Waals surface area contributed by atoms with Crippen molar-refractivity contribution in [2.75, 3.05) is 12.4 Å². The Morgan fingerprint density at radius 2 is 2.28 bits per heavy atom. The van der Waals surface area contributed by atoms with Gasteiger partial charge in [0.1, 0.15) is 5.52 Å². The minimum atomic E-state index is -0.469. The molecular formula is C17H14ClFN4O2. The topological polar surface area (TPSA) is 79.9 Å². The van der Waals surface area contributed by atoms with Gasteiger partial charge in [-0.2, -0.15) is 5.10 Å². The molecule has 0 atom stereocenters. The van der Waals surface area contributed by atoms with E-state index >= 15 is 0 Å². The van der Waals surface area contributed by atoms with E-state index < -0.39 is 11.7 Å². The fraction of sp³-hybridized carbons (Fsp3) is 0.118. The van der Waals surface area contributed by atoms with Gasteiger partial charge < -0.3 is 10.1 Å². The number of rotatable bonds is 5. The molecule has 0 bridgehead atoms. The fourth-order valence-electron chi connectivity index (χ4n) is 2.29. The molecule has 2 heterocycles. The van der Waals surface area contributed by atoms with Gasteiger partial charge in [0.15, 0.2) is 5.82 Å². The summed E-state index contributed by atoms with van der Waals surface area (Å²) in [5.74, 6) is -0.908. The summed E-state index contributed by atoms with van der Waals surface area (Å²) in [5.41, 5.74) is 1.55. The van der Waals surface area contributed by atoms with Crippen molar-refractivity contribution in [3.63, 3.8) is 0 Å². The number of anilines is 1. The molecule has 0 aliphatic rings. The van der Waals surface area contributed by atoms with Gasteiger partial charge in [-0.1, -0.05) is 23.7 Å². The number of nitrogens with zero attached hydrogens (tertiary/aromatic N) is 2. The molecule has 0 aliphatic heterocycles. The Labute approximate surface area is 147 Å². The highest BCUT2D eigenvalue weighted by atomic mass is 35.5. The van der Waals surface area contributed by atoms with Crippen LogP contribution in [0.4, 0.5) is 10.1 Å². The van der Waals surface area contributed by atoms with E-state index in [4.69, 9.17) is 16.3 Å². The van der Waals surface area contributed by atoms with Crippen molar-refractivity contribution in [1.82, 2.24) is 15.2 Å². The number of aromatic nitrogens is 3. The lowest BCUT2D eigenvalue weighted by molar-refractivity contribution is -0.111. The average molecular weight is 361 g/mol. The second-order valence-corrected chi connectivity index (χ2v) is 5.64. The number of ether oxygens (including phenoxy) is 1. The highest BCUT2D eigenvalue weighted by Crippen LogP contribution is 2.21. The van der Waals surface area contributed by atoms with E-state index in [2.05, 4.69) is 20.5 Å². The summed E-state index contributed by atoms with van der Waals surface area (Å²) in [6.07, 6.45) is 5.62. The number of carbonyl (C=O) groups is 1. The lowest BCUT2D eigenvalue weighted by atomic mass is 10.1. The molecule has 1 aromatic carbocycles. The molecule has 0 aliphatic carbocycles. The number of methoxy groups -OCH3 is 1. The summed E-state index contributed by atoms with van der Waals surface area (Å²) in [5, 5.41) is 10.1. The molecule has 0 unspecified atom stereocenters. The molecule has 0 radical (unpaired) electrons.